The Morgan fingerprint density at radius 3 is 1.22 bits per heavy atom. The summed E-state index contributed by atoms with van der Waals surface area (Å²) in [5, 5.41) is 87.6. The number of unbranched alkanes of at least 4 members (excludes halogenated alkanes) is 30. The van der Waals surface area contributed by atoms with Crippen molar-refractivity contribution in [3.8, 4) is 0 Å². The van der Waals surface area contributed by atoms with Crippen LogP contribution in [0.5, 0.6) is 0 Å². The Morgan fingerprint density at radius 2 is 0.793 bits per heavy atom. The second-order valence-corrected chi connectivity index (χ2v) is 24.6. The molecule has 2 aliphatic rings. The molecular formula is C73H129NO13. The van der Waals surface area contributed by atoms with E-state index in [0.717, 1.165) is 103 Å². The summed E-state index contributed by atoms with van der Waals surface area (Å²) >= 11 is 0. The molecular weight excluding hydrogens is 1100 g/mol. The van der Waals surface area contributed by atoms with Gasteiger partial charge in [-0.25, -0.2) is 0 Å². The zero-order valence-corrected chi connectivity index (χ0v) is 54.7. The molecule has 0 saturated carbocycles. The zero-order valence-electron chi connectivity index (χ0n) is 54.7. The smallest absolute Gasteiger partial charge is 0.220 e. The van der Waals surface area contributed by atoms with Crippen LogP contribution in [0, 0.1) is 0 Å². The highest BCUT2D eigenvalue weighted by atomic mass is 16.7. The molecule has 9 N–H and O–H groups in total. The Hall–Kier alpha value is -2.83. The van der Waals surface area contributed by atoms with Crippen molar-refractivity contribution in [2.75, 3.05) is 19.8 Å². The summed E-state index contributed by atoms with van der Waals surface area (Å²) in [7, 11) is 0. The molecule has 504 valence electrons. The highest BCUT2D eigenvalue weighted by Crippen LogP contribution is 2.30. The van der Waals surface area contributed by atoms with E-state index in [9.17, 15) is 45.6 Å². The molecule has 2 fully saturated rings. The summed E-state index contributed by atoms with van der Waals surface area (Å²) in [5.74, 6) is -0.226. The Bertz CT molecular complexity index is 1780. The summed E-state index contributed by atoms with van der Waals surface area (Å²) in [6.07, 6.45) is 61.6. The maximum absolute atomic E-state index is 13.4. The number of ether oxygens (including phenoxy) is 4. The van der Waals surface area contributed by atoms with E-state index < -0.39 is 86.8 Å². The van der Waals surface area contributed by atoms with Crippen LogP contribution in [-0.4, -0.2) is 140 Å². The first-order valence-corrected chi connectivity index (χ1v) is 35.3. The molecule has 0 radical (unpaired) electrons. The SMILES string of the molecule is CC/C=C\C/C=C\C/C=C\C/C=C\C/C=C\C/C=C\C/C=C\CCCCCCCC(=O)NC(COC1OC(CO)C(OC2OC(CO)C(O)C(O)C2O)C(O)C1O)C(O)CCCCCCCCCCCCCCCCCCCCCCCCCCCC. The van der Waals surface area contributed by atoms with Crippen molar-refractivity contribution in [3.63, 3.8) is 0 Å². The van der Waals surface area contributed by atoms with Gasteiger partial charge in [0, 0.05) is 6.42 Å². The number of nitrogens with one attached hydrogen (secondary N) is 1. The predicted octanol–water partition coefficient (Wildman–Crippen LogP) is 14.4. The number of aliphatic hydroxyl groups is 8. The standard InChI is InChI=1S/C73H129NO13/c1-3-5-7-9-11-13-15-17-19-21-23-25-27-29-31-33-35-37-39-41-43-45-47-49-51-53-55-57-65(78)74-61(60-84-72-70(83)68(81)71(64(59-76)86-72)87-73-69(82)67(80)66(79)63(58-75)85-73)62(77)56-54-52-50-48-46-44-42-40-38-36-34-32-30-28-26-24-22-20-18-16-14-12-10-8-6-4-2/h5,7,11,13,17,19,23,25,29,31,35,37,41,43,61-64,66-73,75-77,79-83H,3-4,6,8-10,12,14-16,18,20-22,24,26-28,30,32-34,36,38-40,42,44-60H2,1-2H3,(H,74,78)/b7-5-,13-11-,19-17-,25-23-,31-29-,37-35-,43-41-. The molecule has 2 rings (SSSR count). The third-order valence-electron chi connectivity index (χ3n) is 16.9. The van der Waals surface area contributed by atoms with Crippen molar-refractivity contribution in [1.82, 2.24) is 5.32 Å². The molecule has 14 nitrogen and oxygen atoms in total. The van der Waals surface area contributed by atoms with E-state index in [1.165, 1.54) is 141 Å². The van der Waals surface area contributed by atoms with Gasteiger partial charge in [-0.1, -0.05) is 285 Å². The number of hydrogen-bond donors (Lipinski definition) is 9. The predicted molar refractivity (Wildman–Crippen MR) is 355 cm³/mol. The fraction of sp³-hybridized carbons (Fsp3) is 0.795. The Balaban J connectivity index is 1.70. The average Bonchev–Trinajstić information content (AvgIpc) is 2.58. The van der Waals surface area contributed by atoms with Crippen molar-refractivity contribution < 1.29 is 64.6 Å². The lowest BCUT2D eigenvalue weighted by Gasteiger charge is -2.46. The van der Waals surface area contributed by atoms with E-state index in [4.69, 9.17) is 18.9 Å². The third kappa shape index (κ3) is 41.3. The van der Waals surface area contributed by atoms with Gasteiger partial charge < -0.3 is 65.1 Å². The van der Waals surface area contributed by atoms with E-state index in [-0.39, 0.29) is 18.9 Å². The topological polar surface area (TPSA) is 228 Å². The van der Waals surface area contributed by atoms with Crippen LogP contribution in [0.25, 0.3) is 0 Å². The number of carbonyl (C=O) groups is 1. The fourth-order valence-corrected chi connectivity index (χ4v) is 11.3. The van der Waals surface area contributed by atoms with Gasteiger partial charge in [0.1, 0.15) is 48.8 Å². The van der Waals surface area contributed by atoms with Gasteiger partial charge in [-0.3, -0.25) is 4.79 Å². The lowest BCUT2D eigenvalue weighted by molar-refractivity contribution is -0.359. The number of allylic oxidation sites excluding steroid dienone is 14. The fourth-order valence-electron chi connectivity index (χ4n) is 11.3. The molecule has 87 heavy (non-hydrogen) atoms. The van der Waals surface area contributed by atoms with Crippen molar-refractivity contribution >= 4 is 5.91 Å². The first-order chi connectivity index (χ1) is 42.6. The maximum atomic E-state index is 13.4. The van der Waals surface area contributed by atoms with E-state index in [2.05, 4.69) is 104 Å². The van der Waals surface area contributed by atoms with Crippen molar-refractivity contribution in [3.05, 3.63) is 85.1 Å². The van der Waals surface area contributed by atoms with Gasteiger partial charge in [-0.05, 0) is 70.6 Å². The molecule has 12 atom stereocenters. The van der Waals surface area contributed by atoms with Crippen LogP contribution in [0.1, 0.15) is 277 Å². The molecule has 0 spiro atoms. The van der Waals surface area contributed by atoms with E-state index in [1.807, 2.05) is 0 Å². The number of carbonyl (C=O) groups excluding carboxylic acids is 1. The lowest BCUT2D eigenvalue weighted by Crippen LogP contribution is -2.65. The van der Waals surface area contributed by atoms with Gasteiger partial charge in [-0.2, -0.15) is 0 Å². The first-order valence-electron chi connectivity index (χ1n) is 35.3. The monoisotopic (exact) mass is 1230 g/mol. The van der Waals surface area contributed by atoms with Gasteiger partial charge >= 0.3 is 0 Å². The molecule has 0 aromatic rings. The molecule has 2 saturated heterocycles. The molecule has 0 aromatic heterocycles. The van der Waals surface area contributed by atoms with Gasteiger partial charge in [-0.15, -0.1) is 0 Å². The van der Waals surface area contributed by atoms with Gasteiger partial charge in [0.2, 0.25) is 5.91 Å². The Morgan fingerprint density at radius 1 is 0.425 bits per heavy atom. The zero-order chi connectivity index (χ0) is 63.1. The lowest BCUT2D eigenvalue weighted by atomic mass is 9.97. The second-order valence-electron chi connectivity index (χ2n) is 24.6. The molecule has 0 aromatic carbocycles. The normalized spacial score (nSPS) is 23.8. The summed E-state index contributed by atoms with van der Waals surface area (Å²) in [6.45, 7) is 2.76. The maximum Gasteiger partial charge on any atom is 0.220 e. The number of aliphatic hydroxyl groups excluding tert-OH is 8. The highest BCUT2D eigenvalue weighted by Gasteiger charge is 2.51. The second kappa shape index (κ2) is 57.1. The van der Waals surface area contributed by atoms with Crippen LogP contribution < -0.4 is 5.32 Å². The Labute approximate surface area is 529 Å². The Kier molecular flexibility index (Phi) is 52.7. The van der Waals surface area contributed by atoms with Gasteiger partial charge in [0.15, 0.2) is 12.6 Å². The van der Waals surface area contributed by atoms with Crippen LogP contribution in [-0.2, 0) is 23.7 Å². The average molecular weight is 1230 g/mol. The molecule has 2 heterocycles. The molecule has 0 aliphatic carbocycles. The molecule has 1 amide bonds. The summed E-state index contributed by atoms with van der Waals surface area (Å²) in [4.78, 5) is 13.4. The van der Waals surface area contributed by atoms with Crippen LogP contribution in [0.4, 0.5) is 0 Å². The summed E-state index contributed by atoms with van der Waals surface area (Å²) in [5.41, 5.74) is 0. The quantitative estimate of drug-likeness (QED) is 0.0204. The number of rotatable bonds is 57. The van der Waals surface area contributed by atoms with Crippen molar-refractivity contribution in [1.29, 1.82) is 0 Å². The minimum absolute atomic E-state index is 0.226. The molecule has 12 unspecified atom stereocenters. The molecule has 0 bridgehead atoms. The van der Waals surface area contributed by atoms with Crippen LogP contribution >= 0.6 is 0 Å². The number of amides is 1. The first kappa shape index (κ1) is 80.3. The third-order valence-corrected chi connectivity index (χ3v) is 16.9. The minimum atomic E-state index is -1.79. The largest absolute Gasteiger partial charge is 0.394 e. The summed E-state index contributed by atoms with van der Waals surface area (Å²) < 4.78 is 22.9. The van der Waals surface area contributed by atoms with Crippen LogP contribution in [0.15, 0.2) is 85.1 Å². The molecule has 2 aliphatic heterocycles. The van der Waals surface area contributed by atoms with E-state index in [0.29, 0.717) is 12.8 Å². The highest BCUT2D eigenvalue weighted by molar-refractivity contribution is 5.76. The van der Waals surface area contributed by atoms with Crippen molar-refractivity contribution in [2.24, 2.45) is 0 Å². The minimum Gasteiger partial charge on any atom is -0.394 e. The van der Waals surface area contributed by atoms with E-state index >= 15 is 0 Å². The van der Waals surface area contributed by atoms with Crippen molar-refractivity contribution in [2.45, 2.75) is 351 Å². The van der Waals surface area contributed by atoms with Crippen LogP contribution in [0.2, 0.25) is 0 Å². The number of hydrogen-bond acceptors (Lipinski definition) is 13. The summed E-state index contributed by atoms with van der Waals surface area (Å²) in [6, 6.07) is -0.847. The van der Waals surface area contributed by atoms with Gasteiger partial charge in [0.25, 0.3) is 0 Å². The van der Waals surface area contributed by atoms with Gasteiger partial charge in [0.05, 0.1) is 32.0 Å². The van der Waals surface area contributed by atoms with Crippen LogP contribution in [0.3, 0.4) is 0 Å². The molecule has 14 heteroatoms. The van der Waals surface area contributed by atoms with E-state index in [1.54, 1.807) is 0 Å².